The van der Waals surface area contributed by atoms with Crippen molar-refractivity contribution in [3.05, 3.63) is 29.8 Å². The molecule has 1 aliphatic carbocycles. The third-order valence-corrected chi connectivity index (χ3v) is 3.93. The molecule has 1 saturated carbocycles. The second kappa shape index (κ2) is 7.41. The van der Waals surface area contributed by atoms with Gasteiger partial charge in [-0.25, -0.2) is 0 Å². The summed E-state index contributed by atoms with van der Waals surface area (Å²) in [6, 6.07) is 7.80. The van der Waals surface area contributed by atoms with Crippen molar-refractivity contribution in [2.75, 3.05) is 26.8 Å². The predicted molar refractivity (Wildman–Crippen MR) is 78.2 cm³/mol. The lowest BCUT2D eigenvalue weighted by Gasteiger charge is -2.37. The number of benzene rings is 1. The molecule has 0 aliphatic heterocycles. The molecule has 0 atom stereocenters. The number of rotatable bonds is 8. The van der Waals surface area contributed by atoms with Crippen molar-refractivity contribution in [1.29, 1.82) is 0 Å². The van der Waals surface area contributed by atoms with Crippen LogP contribution in [0, 0.1) is 0 Å². The highest BCUT2D eigenvalue weighted by Crippen LogP contribution is 2.25. The zero-order chi connectivity index (χ0) is 14.4. The number of aliphatic hydroxyl groups is 1. The van der Waals surface area contributed by atoms with Gasteiger partial charge in [0, 0.05) is 24.8 Å². The largest absolute Gasteiger partial charge is 0.497 e. The summed E-state index contributed by atoms with van der Waals surface area (Å²) >= 11 is 0. The van der Waals surface area contributed by atoms with Gasteiger partial charge in [-0.15, -0.1) is 0 Å². The van der Waals surface area contributed by atoms with Crippen molar-refractivity contribution in [3.8, 4) is 5.75 Å². The Morgan fingerprint density at radius 1 is 1.45 bits per heavy atom. The average Bonchev–Trinajstić information content (AvgIpc) is 2.42. The fourth-order valence-electron chi connectivity index (χ4n) is 2.49. The number of methoxy groups -OCH3 is 1. The van der Waals surface area contributed by atoms with Gasteiger partial charge in [0.2, 0.25) is 0 Å². The van der Waals surface area contributed by atoms with Gasteiger partial charge in [-0.3, -0.25) is 9.69 Å². The van der Waals surface area contributed by atoms with E-state index in [9.17, 15) is 4.79 Å². The van der Waals surface area contributed by atoms with Crippen molar-refractivity contribution in [2.24, 2.45) is 0 Å². The summed E-state index contributed by atoms with van der Waals surface area (Å²) in [5, 5.41) is 8.98. The van der Waals surface area contributed by atoms with E-state index in [1.807, 2.05) is 18.2 Å². The number of nitrogens with zero attached hydrogens (tertiary/aromatic N) is 1. The molecule has 0 amide bonds. The number of ether oxygens (including phenoxy) is 1. The lowest BCUT2D eigenvalue weighted by Crippen LogP contribution is -2.43. The minimum Gasteiger partial charge on any atom is -0.497 e. The molecule has 110 valence electrons. The molecule has 0 saturated heterocycles. The molecule has 1 aromatic carbocycles. The van der Waals surface area contributed by atoms with Crippen LogP contribution in [0.25, 0.3) is 0 Å². The van der Waals surface area contributed by atoms with Crippen LogP contribution in [0.3, 0.4) is 0 Å². The SMILES string of the molecule is COc1cccc(C(=O)CN(CCCO)C2CCC2)c1. The maximum Gasteiger partial charge on any atom is 0.176 e. The number of ketones is 1. The smallest absolute Gasteiger partial charge is 0.176 e. The van der Waals surface area contributed by atoms with Crippen molar-refractivity contribution in [3.63, 3.8) is 0 Å². The molecule has 2 rings (SSSR count). The van der Waals surface area contributed by atoms with Crippen LogP contribution >= 0.6 is 0 Å². The standard InChI is InChI=1S/C16H23NO3/c1-20-15-8-2-5-13(11-15)16(19)12-17(9-4-10-18)14-6-3-7-14/h2,5,8,11,14,18H,3-4,6-7,9-10,12H2,1H3. The first-order chi connectivity index (χ1) is 9.74. The molecule has 0 unspecified atom stereocenters. The quantitative estimate of drug-likeness (QED) is 0.739. The monoisotopic (exact) mass is 277 g/mol. The molecule has 1 aromatic rings. The maximum absolute atomic E-state index is 12.4. The molecule has 20 heavy (non-hydrogen) atoms. The second-order valence-corrected chi connectivity index (χ2v) is 5.29. The van der Waals surface area contributed by atoms with Gasteiger partial charge in [0.25, 0.3) is 0 Å². The first kappa shape index (κ1) is 15.0. The summed E-state index contributed by atoms with van der Waals surface area (Å²) in [7, 11) is 1.60. The van der Waals surface area contributed by atoms with E-state index in [0.29, 0.717) is 23.9 Å². The molecule has 0 bridgehead atoms. The highest BCUT2D eigenvalue weighted by Gasteiger charge is 2.26. The second-order valence-electron chi connectivity index (χ2n) is 5.29. The van der Waals surface area contributed by atoms with E-state index in [2.05, 4.69) is 4.90 Å². The predicted octanol–water partition coefficient (Wildman–Crippen LogP) is 2.11. The van der Waals surface area contributed by atoms with E-state index in [-0.39, 0.29) is 12.4 Å². The molecule has 4 nitrogen and oxygen atoms in total. The van der Waals surface area contributed by atoms with Gasteiger partial charge in [-0.2, -0.15) is 0 Å². The fourth-order valence-corrected chi connectivity index (χ4v) is 2.49. The molecule has 0 aromatic heterocycles. The lowest BCUT2D eigenvalue weighted by molar-refractivity contribution is 0.0787. The first-order valence-electron chi connectivity index (χ1n) is 7.26. The van der Waals surface area contributed by atoms with E-state index in [0.717, 1.165) is 25.8 Å². The van der Waals surface area contributed by atoms with Gasteiger partial charge in [-0.1, -0.05) is 18.6 Å². The molecule has 0 spiro atoms. The fraction of sp³-hybridized carbons (Fsp3) is 0.562. The topological polar surface area (TPSA) is 49.8 Å². The summed E-state index contributed by atoms with van der Waals surface area (Å²) in [5.74, 6) is 0.829. The Labute approximate surface area is 120 Å². The van der Waals surface area contributed by atoms with Crippen LogP contribution in [-0.2, 0) is 0 Å². The van der Waals surface area contributed by atoms with Gasteiger partial charge < -0.3 is 9.84 Å². The number of Topliss-reactive ketones (excluding diaryl/α,β-unsaturated/α-hetero) is 1. The van der Waals surface area contributed by atoms with Gasteiger partial charge in [0.15, 0.2) is 5.78 Å². The van der Waals surface area contributed by atoms with Crippen LogP contribution in [0.1, 0.15) is 36.0 Å². The lowest BCUT2D eigenvalue weighted by atomic mass is 9.91. The van der Waals surface area contributed by atoms with Crippen LogP contribution in [0.4, 0.5) is 0 Å². The zero-order valence-electron chi connectivity index (χ0n) is 12.0. The summed E-state index contributed by atoms with van der Waals surface area (Å²) in [5.41, 5.74) is 0.692. The van der Waals surface area contributed by atoms with Crippen molar-refractivity contribution < 1.29 is 14.6 Å². The third-order valence-electron chi connectivity index (χ3n) is 3.93. The Balaban J connectivity index is 1.99. The average molecular weight is 277 g/mol. The Morgan fingerprint density at radius 2 is 2.25 bits per heavy atom. The highest BCUT2D eigenvalue weighted by molar-refractivity contribution is 5.98. The molecule has 0 heterocycles. The highest BCUT2D eigenvalue weighted by atomic mass is 16.5. The van der Waals surface area contributed by atoms with Crippen LogP contribution < -0.4 is 4.74 Å². The van der Waals surface area contributed by atoms with Crippen molar-refractivity contribution >= 4 is 5.78 Å². The molecular weight excluding hydrogens is 254 g/mol. The van der Waals surface area contributed by atoms with Crippen molar-refractivity contribution in [2.45, 2.75) is 31.7 Å². The van der Waals surface area contributed by atoms with E-state index in [1.165, 1.54) is 6.42 Å². The Morgan fingerprint density at radius 3 is 2.85 bits per heavy atom. The summed E-state index contributed by atoms with van der Waals surface area (Å²) in [6.07, 6.45) is 4.29. The summed E-state index contributed by atoms with van der Waals surface area (Å²) in [4.78, 5) is 14.6. The number of aliphatic hydroxyl groups excluding tert-OH is 1. The van der Waals surface area contributed by atoms with Crippen LogP contribution in [0.15, 0.2) is 24.3 Å². The maximum atomic E-state index is 12.4. The normalized spacial score (nSPS) is 15.2. The number of hydrogen-bond acceptors (Lipinski definition) is 4. The van der Waals surface area contributed by atoms with E-state index in [4.69, 9.17) is 9.84 Å². The first-order valence-corrected chi connectivity index (χ1v) is 7.26. The minimum absolute atomic E-state index is 0.119. The molecular formula is C16H23NO3. The Bertz CT molecular complexity index is 443. The third kappa shape index (κ3) is 3.81. The van der Waals surface area contributed by atoms with Gasteiger partial charge in [0.05, 0.1) is 13.7 Å². The number of hydrogen-bond donors (Lipinski definition) is 1. The molecule has 1 aliphatic rings. The van der Waals surface area contributed by atoms with E-state index >= 15 is 0 Å². The zero-order valence-corrected chi connectivity index (χ0v) is 12.0. The van der Waals surface area contributed by atoms with Gasteiger partial charge in [-0.05, 0) is 31.4 Å². The number of carbonyl (C=O) groups excluding carboxylic acids is 1. The molecule has 0 radical (unpaired) electrons. The minimum atomic E-state index is 0.119. The van der Waals surface area contributed by atoms with E-state index < -0.39 is 0 Å². The summed E-state index contributed by atoms with van der Waals surface area (Å²) < 4.78 is 5.16. The Hall–Kier alpha value is -1.39. The summed E-state index contributed by atoms with van der Waals surface area (Å²) in [6.45, 7) is 1.39. The molecule has 4 heteroatoms. The molecule has 1 fully saturated rings. The Kier molecular flexibility index (Phi) is 5.56. The van der Waals surface area contributed by atoms with Crippen LogP contribution in [0.2, 0.25) is 0 Å². The number of carbonyl (C=O) groups is 1. The van der Waals surface area contributed by atoms with Gasteiger partial charge in [0.1, 0.15) is 5.75 Å². The molecule has 1 N–H and O–H groups in total. The van der Waals surface area contributed by atoms with Gasteiger partial charge >= 0.3 is 0 Å². The van der Waals surface area contributed by atoms with Crippen LogP contribution in [-0.4, -0.2) is 48.6 Å². The van der Waals surface area contributed by atoms with Crippen molar-refractivity contribution in [1.82, 2.24) is 4.90 Å². The van der Waals surface area contributed by atoms with E-state index in [1.54, 1.807) is 13.2 Å². The van der Waals surface area contributed by atoms with Crippen LogP contribution in [0.5, 0.6) is 5.75 Å².